The zero-order valence-electron chi connectivity index (χ0n) is 15.6. The van der Waals surface area contributed by atoms with Gasteiger partial charge in [0.2, 0.25) is 12.3 Å². The van der Waals surface area contributed by atoms with Gasteiger partial charge in [-0.25, -0.2) is 4.68 Å². The van der Waals surface area contributed by atoms with Gasteiger partial charge >= 0.3 is 0 Å². The van der Waals surface area contributed by atoms with Gasteiger partial charge in [-0.1, -0.05) is 23.4 Å². The van der Waals surface area contributed by atoms with Crippen LogP contribution in [0.15, 0.2) is 41.2 Å². The molecule has 1 aromatic carbocycles. The second kappa shape index (κ2) is 7.34. The molecule has 27 heavy (non-hydrogen) atoms. The molecule has 1 fully saturated rings. The molecule has 0 saturated carbocycles. The first-order chi connectivity index (χ1) is 13.1. The summed E-state index contributed by atoms with van der Waals surface area (Å²) in [5.74, 6) is 1.18. The normalized spacial score (nSPS) is 15.3. The number of carbonyl (C=O) groups is 1. The lowest BCUT2D eigenvalue weighted by Crippen LogP contribution is -2.39. The smallest absolute Gasteiger partial charge is 0.227 e. The molecule has 0 spiro atoms. The Morgan fingerprint density at radius 2 is 1.93 bits per heavy atom. The molecule has 3 heterocycles. The van der Waals surface area contributed by atoms with Gasteiger partial charge in [0.1, 0.15) is 0 Å². The maximum Gasteiger partial charge on any atom is 0.227 e. The highest BCUT2D eigenvalue weighted by Gasteiger charge is 2.27. The van der Waals surface area contributed by atoms with Crippen molar-refractivity contribution in [3.63, 3.8) is 0 Å². The molecule has 4 rings (SSSR count). The van der Waals surface area contributed by atoms with E-state index in [1.807, 2.05) is 53.8 Å². The van der Waals surface area contributed by atoms with Crippen LogP contribution in [0.5, 0.6) is 0 Å². The van der Waals surface area contributed by atoms with E-state index in [0.29, 0.717) is 6.42 Å². The van der Waals surface area contributed by atoms with Crippen molar-refractivity contribution in [1.29, 1.82) is 0 Å². The van der Waals surface area contributed by atoms with E-state index in [-0.39, 0.29) is 11.8 Å². The van der Waals surface area contributed by atoms with Crippen LogP contribution in [0.25, 0.3) is 5.69 Å². The summed E-state index contributed by atoms with van der Waals surface area (Å²) >= 11 is 0. The highest BCUT2D eigenvalue weighted by Crippen LogP contribution is 2.26. The average Bonchev–Trinajstić information content (AvgIpc) is 3.33. The van der Waals surface area contributed by atoms with Gasteiger partial charge in [0.05, 0.1) is 17.8 Å². The van der Waals surface area contributed by atoms with Crippen molar-refractivity contribution >= 4 is 5.91 Å². The van der Waals surface area contributed by atoms with Crippen LogP contribution in [0.3, 0.4) is 0 Å². The number of para-hydroxylation sites is 1. The van der Waals surface area contributed by atoms with Gasteiger partial charge in [0.15, 0.2) is 5.82 Å². The van der Waals surface area contributed by atoms with Crippen LogP contribution in [-0.2, 0) is 11.2 Å². The topological polar surface area (TPSA) is 77.0 Å². The highest BCUT2D eigenvalue weighted by molar-refractivity contribution is 5.79. The molecule has 7 heteroatoms. The van der Waals surface area contributed by atoms with Crippen molar-refractivity contribution < 1.29 is 9.32 Å². The monoisotopic (exact) mass is 365 g/mol. The van der Waals surface area contributed by atoms with E-state index in [4.69, 9.17) is 4.52 Å². The molecule has 0 unspecified atom stereocenters. The summed E-state index contributed by atoms with van der Waals surface area (Å²) in [4.78, 5) is 18.9. The van der Waals surface area contributed by atoms with Crippen LogP contribution < -0.4 is 0 Å². The van der Waals surface area contributed by atoms with Crippen molar-refractivity contribution in [3.8, 4) is 5.69 Å². The van der Waals surface area contributed by atoms with Gasteiger partial charge in [0.25, 0.3) is 0 Å². The summed E-state index contributed by atoms with van der Waals surface area (Å²) in [6.07, 6.45) is 3.49. The van der Waals surface area contributed by atoms with Gasteiger partial charge in [-0.2, -0.15) is 10.1 Å². The minimum absolute atomic E-state index is 0.153. The van der Waals surface area contributed by atoms with E-state index in [1.165, 1.54) is 6.39 Å². The number of piperidine rings is 1. The molecule has 1 aliphatic heterocycles. The predicted molar refractivity (Wildman–Crippen MR) is 99.6 cm³/mol. The van der Waals surface area contributed by atoms with Gasteiger partial charge in [-0.3, -0.25) is 4.79 Å². The number of benzene rings is 1. The van der Waals surface area contributed by atoms with Crippen molar-refractivity contribution in [3.05, 3.63) is 59.5 Å². The first-order valence-corrected chi connectivity index (χ1v) is 9.28. The quantitative estimate of drug-likeness (QED) is 0.710. The lowest BCUT2D eigenvalue weighted by atomic mass is 9.95. The molecule has 3 aromatic rings. The number of hydrogen-bond donors (Lipinski definition) is 0. The molecule has 0 bridgehead atoms. The molecule has 0 N–H and O–H groups in total. The first kappa shape index (κ1) is 17.5. The van der Waals surface area contributed by atoms with Crippen LogP contribution in [-0.4, -0.2) is 43.8 Å². The van der Waals surface area contributed by atoms with Crippen LogP contribution in [0.1, 0.15) is 41.5 Å². The molecule has 0 aliphatic carbocycles. The van der Waals surface area contributed by atoms with Crippen LogP contribution in [0, 0.1) is 13.8 Å². The number of rotatable bonds is 4. The van der Waals surface area contributed by atoms with E-state index in [0.717, 1.165) is 54.4 Å². The summed E-state index contributed by atoms with van der Waals surface area (Å²) in [6, 6.07) is 10.0. The van der Waals surface area contributed by atoms with Crippen LogP contribution in [0.4, 0.5) is 0 Å². The zero-order valence-corrected chi connectivity index (χ0v) is 15.6. The van der Waals surface area contributed by atoms with E-state index >= 15 is 0 Å². The fraction of sp³-hybridized carbons (Fsp3) is 0.400. The fourth-order valence-corrected chi connectivity index (χ4v) is 3.76. The molecule has 1 aliphatic rings. The maximum atomic E-state index is 12.9. The van der Waals surface area contributed by atoms with Crippen molar-refractivity contribution in [2.45, 2.75) is 39.0 Å². The number of amides is 1. The number of hydrogen-bond acceptors (Lipinski definition) is 5. The fourth-order valence-electron chi connectivity index (χ4n) is 3.76. The first-order valence-electron chi connectivity index (χ1n) is 9.28. The number of likely N-dealkylation sites (tertiary alicyclic amines) is 1. The van der Waals surface area contributed by atoms with Gasteiger partial charge < -0.3 is 9.42 Å². The summed E-state index contributed by atoms with van der Waals surface area (Å²) in [7, 11) is 0. The van der Waals surface area contributed by atoms with Crippen LogP contribution >= 0.6 is 0 Å². The molecule has 7 nitrogen and oxygen atoms in total. The van der Waals surface area contributed by atoms with E-state index in [9.17, 15) is 4.79 Å². The molecule has 2 aromatic heterocycles. The van der Waals surface area contributed by atoms with Gasteiger partial charge in [-0.05, 0) is 38.8 Å². The molecule has 0 radical (unpaired) electrons. The van der Waals surface area contributed by atoms with Crippen molar-refractivity contribution in [1.82, 2.24) is 24.8 Å². The van der Waals surface area contributed by atoms with Crippen molar-refractivity contribution in [2.24, 2.45) is 0 Å². The third-order valence-corrected chi connectivity index (χ3v) is 5.36. The third kappa shape index (κ3) is 3.49. The Balaban J connectivity index is 1.44. The summed E-state index contributed by atoms with van der Waals surface area (Å²) < 4.78 is 6.75. The Morgan fingerprint density at radius 1 is 1.19 bits per heavy atom. The Bertz CT molecular complexity index is 910. The Labute approximate surface area is 158 Å². The SMILES string of the molecule is Cc1nn(-c2ccccc2)c(C)c1CC(=O)N1CCC(c2ncon2)CC1. The highest BCUT2D eigenvalue weighted by atomic mass is 16.5. The maximum absolute atomic E-state index is 12.9. The minimum Gasteiger partial charge on any atom is -0.343 e. The minimum atomic E-state index is 0.153. The summed E-state index contributed by atoms with van der Waals surface area (Å²) in [5, 5.41) is 8.58. The van der Waals surface area contributed by atoms with E-state index < -0.39 is 0 Å². The second-order valence-corrected chi connectivity index (χ2v) is 7.02. The second-order valence-electron chi connectivity index (χ2n) is 7.02. The average molecular weight is 365 g/mol. The Hall–Kier alpha value is -2.96. The van der Waals surface area contributed by atoms with Crippen molar-refractivity contribution in [2.75, 3.05) is 13.1 Å². The number of carbonyl (C=O) groups excluding carboxylic acids is 1. The standard InChI is InChI=1S/C20H23N5O2/c1-14-18(15(2)25(22-14)17-6-4-3-5-7-17)12-19(26)24-10-8-16(9-11-24)20-21-13-27-23-20/h3-7,13,16H,8-12H2,1-2H3. The van der Waals surface area contributed by atoms with E-state index in [1.54, 1.807) is 0 Å². The molecule has 140 valence electrons. The number of aryl methyl sites for hydroxylation is 1. The van der Waals surface area contributed by atoms with E-state index in [2.05, 4.69) is 15.2 Å². The third-order valence-electron chi connectivity index (χ3n) is 5.36. The number of nitrogens with zero attached hydrogens (tertiary/aromatic N) is 5. The molecular weight excluding hydrogens is 342 g/mol. The molecule has 1 saturated heterocycles. The predicted octanol–water partition coefficient (Wildman–Crippen LogP) is 2.82. The largest absolute Gasteiger partial charge is 0.343 e. The number of aromatic nitrogens is 4. The summed E-state index contributed by atoms with van der Waals surface area (Å²) in [6.45, 7) is 5.45. The summed E-state index contributed by atoms with van der Waals surface area (Å²) in [5.41, 5.74) is 3.96. The lowest BCUT2D eigenvalue weighted by molar-refractivity contribution is -0.131. The molecule has 1 amide bonds. The molecular formula is C20H23N5O2. The Morgan fingerprint density at radius 3 is 2.59 bits per heavy atom. The lowest BCUT2D eigenvalue weighted by Gasteiger charge is -2.30. The zero-order chi connectivity index (χ0) is 18.8. The van der Waals surface area contributed by atoms with Gasteiger partial charge in [0, 0.05) is 30.3 Å². The van der Waals surface area contributed by atoms with Crippen LogP contribution in [0.2, 0.25) is 0 Å². The Kier molecular flexibility index (Phi) is 4.75. The molecule has 0 atom stereocenters. The van der Waals surface area contributed by atoms with Gasteiger partial charge in [-0.15, -0.1) is 0 Å².